The van der Waals surface area contributed by atoms with E-state index < -0.39 is 0 Å². The van der Waals surface area contributed by atoms with Crippen LogP contribution in [-0.4, -0.2) is 46.1 Å². The molecule has 0 unspecified atom stereocenters. The Hall–Kier alpha value is -3.42. The van der Waals surface area contributed by atoms with Crippen LogP contribution in [-0.2, 0) is 17.8 Å². The van der Waals surface area contributed by atoms with E-state index in [0.29, 0.717) is 18.7 Å². The zero-order valence-corrected chi connectivity index (χ0v) is 15.4. The van der Waals surface area contributed by atoms with Crippen molar-refractivity contribution in [1.29, 1.82) is 0 Å². The van der Waals surface area contributed by atoms with Crippen LogP contribution in [0.15, 0.2) is 59.8 Å². The van der Waals surface area contributed by atoms with Crippen molar-refractivity contribution in [1.82, 2.24) is 24.9 Å². The van der Waals surface area contributed by atoms with E-state index in [2.05, 4.69) is 15.5 Å². The normalized spacial score (nSPS) is 10.6. The van der Waals surface area contributed by atoms with Crippen molar-refractivity contribution in [2.45, 2.75) is 13.0 Å². The van der Waals surface area contributed by atoms with Gasteiger partial charge in [-0.05, 0) is 24.1 Å². The molecule has 0 bridgehead atoms. The average Bonchev–Trinajstić information content (AvgIpc) is 3.13. The molecule has 1 N–H and O–H groups in total. The molecule has 0 fully saturated rings. The lowest BCUT2D eigenvalue weighted by molar-refractivity contribution is -0.121. The highest BCUT2D eigenvalue weighted by Gasteiger charge is 2.07. The molecule has 3 aromatic rings. The van der Waals surface area contributed by atoms with Crippen molar-refractivity contribution in [3.8, 4) is 5.69 Å². The number of nitrogens with one attached hydrogen (secondary N) is 1. The summed E-state index contributed by atoms with van der Waals surface area (Å²) in [6.45, 7) is 0.361. The molecule has 2 aromatic heterocycles. The number of hydrogen-bond donors (Lipinski definition) is 1. The lowest BCUT2D eigenvalue weighted by atomic mass is 10.2. The number of amides is 1. The first-order chi connectivity index (χ1) is 13.0. The average molecular weight is 366 g/mol. The van der Waals surface area contributed by atoms with E-state index in [4.69, 9.17) is 0 Å². The molecule has 3 rings (SSSR count). The molecule has 0 aliphatic heterocycles. The summed E-state index contributed by atoms with van der Waals surface area (Å²) in [4.78, 5) is 25.8. The Bertz CT molecular complexity index is 962. The van der Waals surface area contributed by atoms with E-state index in [-0.39, 0.29) is 18.0 Å². The fourth-order valence-electron chi connectivity index (χ4n) is 2.54. The molecule has 2 heterocycles. The lowest BCUT2D eigenvalue weighted by Crippen LogP contribution is -2.34. The molecule has 8 heteroatoms. The second kappa shape index (κ2) is 8.31. The van der Waals surface area contributed by atoms with Gasteiger partial charge in [0.15, 0.2) is 0 Å². The van der Waals surface area contributed by atoms with Crippen molar-refractivity contribution >= 4 is 11.6 Å². The topological polar surface area (TPSA) is 85.1 Å². The second-order valence-corrected chi connectivity index (χ2v) is 6.33. The molecule has 8 nitrogen and oxygen atoms in total. The fourth-order valence-corrected chi connectivity index (χ4v) is 2.54. The third-order valence-electron chi connectivity index (χ3n) is 4.06. The third kappa shape index (κ3) is 4.81. The van der Waals surface area contributed by atoms with Crippen LogP contribution in [0.2, 0.25) is 0 Å². The van der Waals surface area contributed by atoms with Crippen LogP contribution < -0.4 is 15.8 Å². The number of nitrogens with zero attached hydrogens (tertiary/aromatic N) is 5. The molecular weight excluding hydrogens is 344 g/mol. The number of rotatable bonds is 7. The number of para-hydroxylation sites is 1. The summed E-state index contributed by atoms with van der Waals surface area (Å²) in [6, 6.07) is 11.3. The Morgan fingerprint density at radius 1 is 1.15 bits per heavy atom. The number of carbonyl (C=O) groups is 1. The highest BCUT2D eigenvalue weighted by molar-refractivity contribution is 5.75. The van der Waals surface area contributed by atoms with Crippen molar-refractivity contribution in [3.05, 3.63) is 70.9 Å². The standard InChI is InChI=1S/C19H22N6O2/c1-23(2)17-10-19(27)25(22-12-17)14-18(26)20-9-8-15-11-21-24(13-15)16-6-4-3-5-7-16/h3-7,10-13H,8-9,14H2,1-2H3,(H,20,26). The van der Waals surface area contributed by atoms with Crippen LogP contribution in [0.1, 0.15) is 5.56 Å². The zero-order chi connectivity index (χ0) is 19.2. The van der Waals surface area contributed by atoms with Gasteiger partial charge in [0.05, 0.1) is 23.8 Å². The fraction of sp³-hybridized carbons (Fsp3) is 0.263. The Morgan fingerprint density at radius 2 is 1.93 bits per heavy atom. The maximum absolute atomic E-state index is 12.1. The number of hydrogen-bond acceptors (Lipinski definition) is 5. The van der Waals surface area contributed by atoms with Gasteiger partial charge in [-0.1, -0.05) is 18.2 Å². The lowest BCUT2D eigenvalue weighted by Gasteiger charge is -2.12. The molecule has 0 saturated carbocycles. The maximum Gasteiger partial charge on any atom is 0.269 e. The zero-order valence-electron chi connectivity index (χ0n) is 15.4. The number of benzene rings is 1. The molecule has 0 aliphatic carbocycles. The van der Waals surface area contributed by atoms with Crippen LogP contribution in [0.5, 0.6) is 0 Å². The van der Waals surface area contributed by atoms with Crippen LogP contribution in [0.25, 0.3) is 5.69 Å². The van der Waals surface area contributed by atoms with Gasteiger partial charge in [-0.3, -0.25) is 9.59 Å². The van der Waals surface area contributed by atoms with E-state index >= 15 is 0 Å². The van der Waals surface area contributed by atoms with E-state index in [0.717, 1.165) is 15.9 Å². The van der Waals surface area contributed by atoms with Gasteiger partial charge < -0.3 is 10.2 Å². The number of anilines is 1. The van der Waals surface area contributed by atoms with Gasteiger partial charge in [0, 0.05) is 32.9 Å². The second-order valence-electron chi connectivity index (χ2n) is 6.33. The summed E-state index contributed by atoms with van der Waals surface area (Å²) in [5.41, 5.74) is 2.40. The monoisotopic (exact) mass is 366 g/mol. The summed E-state index contributed by atoms with van der Waals surface area (Å²) in [5.74, 6) is -0.252. The van der Waals surface area contributed by atoms with Crippen molar-refractivity contribution in [2.75, 3.05) is 25.5 Å². The Kier molecular flexibility index (Phi) is 5.65. The van der Waals surface area contributed by atoms with Crippen LogP contribution >= 0.6 is 0 Å². The quantitative estimate of drug-likeness (QED) is 0.670. The molecule has 0 aliphatic rings. The molecular formula is C19H22N6O2. The first kappa shape index (κ1) is 18.4. The van der Waals surface area contributed by atoms with Gasteiger partial charge in [-0.2, -0.15) is 10.2 Å². The summed E-state index contributed by atoms with van der Waals surface area (Å²) in [6.07, 6.45) is 5.94. The van der Waals surface area contributed by atoms with Crippen LogP contribution in [0.4, 0.5) is 5.69 Å². The highest BCUT2D eigenvalue weighted by Crippen LogP contribution is 2.07. The molecule has 0 spiro atoms. The van der Waals surface area contributed by atoms with Crippen molar-refractivity contribution in [3.63, 3.8) is 0 Å². The minimum Gasteiger partial charge on any atom is -0.376 e. The minimum absolute atomic E-state index is 0.101. The number of aromatic nitrogens is 4. The van der Waals surface area contributed by atoms with Gasteiger partial charge in [0.25, 0.3) is 5.56 Å². The molecule has 1 aromatic carbocycles. The highest BCUT2D eigenvalue weighted by atomic mass is 16.2. The summed E-state index contributed by atoms with van der Waals surface area (Å²) in [7, 11) is 3.65. The van der Waals surface area contributed by atoms with Gasteiger partial charge >= 0.3 is 0 Å². The smallest absolute Gasteiger partial charge is 0.269 e. The maximum atomic E-state index is 12.1. The van der Waals surface area contributed by atoms with Gasteiger partial charge in [0.2, 0.25) is 5.91 Å². The van der Waals surface area contributed by atoms with Crippen molar-refractivity contribution < 1.29 is 4.79 Å². The Morgan fingerprint density at radius 3 is 2.63 bits per heavy atom. The predicted molar refractivity (Wildman–Crippen MR) is 103 cm³/mol. The largest absolute Gasteiger partial charge is 0.376 e. The Labute approximate surface area is 157 Å². The van der Waals surface area contributed by atoms with Crippen molar-refractivity contribution in [2.24, 2.45) is 0 Å². The molecule has 1 amide bonds. The summed E-state index contributed by atoms with van der Waals surface area (Å²) in [5, 5.41) is 11.2. The third-order valence-corrected chi connectivity index (χ3v) is 4.06. The molecule has 0 radical (unpaired) electrons. The summed E-state index contributed by atoms with van der Waals surface area (Å²) < 4.78 is 2.95. The van der Waals surface area contributed by atoms with E-state index in [1.165, 1.54) is 6.07 Å². The predicted octanol–water partition coefficient (Wildman–Crippen LogP) is 0.854. The number of carbonyl (C=O) groups excluding carboxylic acids is 1. The van der Waals surface area contributed by atoms with E-state index in [9.17, 15) is 9.59 Å². The molecule has 27 heavy (non-hydrogen) atoms. The molecule has 0 atom stereocenters. The minimum atomic E-state index is -0.305. The van der Waals surface area contributed by atoms with E-state index in [1.54, 1.807) is 22.0 Å². The van der Waals surface area contributed by atoms with Crippen LogP contribution in [0, 0.1) is 0 Å². The summed E-state index contributed by atoms with van der Waals surface area (Å²) >= 11 is 0. The van der Waals surface area contributed by atoms with Gasteiger partial charge in [-0.15, -0.1) is 0 Å². The van der Waals surface area contributed by atoms with Crippen LogP contribution in [0.3, 0.4) is 0 Å². The Balaban J connectivity index is 1.50. The van der Waals surface area contributed by atoms with Gasteiger partial charge in [0.1, 0.15) is 6.54 Å². The molecule has 0 saturated heterocycles. The van der Waals surface area contributed by atoms with E-state index in [1.807, 2.05) is 50.6 Å². The van der Waals surface area contributed by atoms with Gasteiger partial charge in [-0.25, -0.2) is 9.36 Å². The first-order valence-electron chi connectivity index (χ1n) is 8.63. The molecule has 140 valence electrons. The first-order valence-corrected chi connectivity index (χ1v) is 8.63. The SMILES string of the molecule is CN(C)c1cnn(CC(=O)NCCc2cnn(-c3ccccc3)c2)c(=O)c1.